The van der Waals surface area contributed by atoms with Crippen LogP contribution in [0, 0.1) is 5.92 Å². The number of methoxy groups -OCH3 is 1. The molecule has 14 nitrogen and oxygen atoms in total. The monoisotopic (exact) mass is 747 g/mol. The number of amides is 5. The smallest absolute Gasteiger partial charge is 0.330 e. The number of benzene rings is 2. The first kappa shape index (κ1) is 43.3. The van der Waals surface area contributed by atoms with E-state index >= 15 is 0 Å². The normalized spacial score (nSPS) is 15.5. The summed E-state index contributed by atoms with van der Waals surface area (Å²) >= 11 is 0. The Hall–Kier alpha value is -5.08. The Balaban J connectivity index is 1.71. The van der Waals surface area contributed by atoms with E-state index in [1.807, 2.05) is 74.5 Å². The number of ether oxygens (including phenoxy) is 1. The van der Waals surface area contributed by atoms with Gasteiger partial charge in [-0.1, -0.05) is 74.5 Å². The van der Waals surface area contributed by atoms with Gasteiger partial charge in [0.15, 0.2) is 0 Å². The Morgan fingerprint density at radius 1 is 0.778 bits per heavy atom. The number of unbranched alkanes of at least 4 members (excludes halogenated alkanes) is 1. The van der Waals surface area contributed by atoms with Gasteiger partial charge in [0.2, 0.25) is 29.5 Å². The Labute approximate surface area is 318 Å². The molecular weight excluding hydrogens is 690 g/mol. The molecule has 0 aromatic heterocycles. The van der Waals surface area contributed by atoms with Crippen molar-refractivity contribution in [2.75, 3.05) is 26.7 Å². The van der Waals surface area contributed by atoms with Crippen LogP contribution in [-0.4, -0.2) is 97.4 Å². The molecule has 0 unspecified atom stereocenters. The van der Waals surface area contributed by atoms with Crippen molar-refractivity contribution in [3.05, 3.63) is 83.9 Å². The Kier molecular flexibility index (Phi) is 18.3. The maximum Gasteiger partial charge on any atom is 0.330 e. The fourth-order valence-electron chi connectivity index (χ4n) is 6.22. The molecule has 1 aliphatic rings. The first-order valence-electron chi connectivity index (χ1n) is 18.7. The molecule has 0 spiro atoms. The zero-order valence-corrected chi connectivity index (χ0v) is 31.6. The highest BCUT2D eigenvalue weighted by Gasteiger charge is 2.33. The molecule has 5 amide bonds. The first-order chi connectivity index (χ1) is 25.9. The van der Waals surface area contributed by atoms with Gasteiger partial charge >= 0.3 is 5.97 Å². The summed E-state index contributed by atoms with van der Waals surface area (Å²) in [5.41, 5.74) is 13.7. The third-order valence-electron chi connectivity index (χ3n) is 9.18. The summed E-state index contributed by atoms with van der Waals surface area (Å²) in [7, 11) is 1.22. The van der Waals surface area contributed by atoms with Crippen LogP contribution in [0.5, 0.6) is 0 Å². The van der Waals surface area contributed by atoms with Gasteiger partial charge in [0, 0.05) is 37.7 Å². The number of carbonyl (C=O) groups excluding carboxylic acids is 6. The fraction of sp³-hybridized carbons (Fsp3) is 0.500. The summed E-state index contributed by atoms with van der Waals surface area (Å²) in [6.45, 7) is 4.99. The van der Waals surface area contributed by atoms with Crippen LogP contribution in [0.15, 0.2) is 72.8 Å². The number of nitrogens with one attached hydrogen (secondary N) is 4. The lowest BCUT2D eigenvalue weighted by atomic mass is 9.99. The SMILES string of the molecule is COC(=O)/C=C/C(=O)NC1CCN(C(=O)[C@@H](CCCCN)NC(=O)[C@@H](CC(C)C)NC(=O)[C@@H](Cc2ccccc2)NC(=O)[C@H](N)Cc2ccccc2)CC1. The Bertz CT molecular complexity index is 1550. The number of piperidine rings is 1. The number of nitrogens with zero attached hydrogens (tertiary/aromatic N) is 1. The average Bonchev–Trinajstić information content (AvgIpc) is 3.16. The highest BCUT2D eigenvalue weighted by atomic mass is 16.5. The Morgan fingerprint density at radius 3 is 1.91 bits per heavy atom. The fourth-order valence-corrected chi connectivity index (χ4v) is 6.22. The summed E-state index contributed by atoms with van der Waals surface area (Å²) in [6, 6.07) is 14.6. The number of carbonyl (C=O) groups is 6. The largest absolute Gasteiger partial charge is 0.466 e. The lowest BCUT2D eigenvalue weighted by molar-refractivity contribution is -0.139. The van der Waals surface area contributed by atoms with Gasteiger partial charge in [-0.2, -0.15) is 0 Å². The molecular formula is C40H57N7O7. The number of hydrogen-bond donors (Lipinski definition) is 6. The van der Waals surface area contributed by atoms with E-state index in [2.05, 4.69) is 26.0 Å². The molecule has 8 N–H and O–H groups in total. The zero-order chi connectivity index (χ0) is 39.5. The van der Waals surface area contributed by atoms with E-state index in [9.17, 15) is 28.8 Å². The molecule has 0 bridgehead atoms. The predicted molar refractivity (Wildman–Crippen MR) is 205 cm³/mol. The van der Waals surface area contributed by atoms with Gasteiger partial charge < -0.3 is 42.4 Å². The summed E-state index contributed by atoms with van der Waals surface area (Å²) in [6.07, 6.45) is 5.48. The van der Waals surface area contributed by atoms with Gasteiger partial charge in [-0.25, -0.2) is 4.79 Å². The van der Waals surface area contributed by atoms with Crippen LogP contribution < -0.4 is 32.7 Å². The minimum Gasteiger partial charge on any atom is -0.466 e. The van der Waals surface area contributed by atoms with Gasteiger partial charge in [0.05, 0.1) is 13.2 Å². The molecule has 14 heteroatoms. The maximum absolute atomic E-state index is 13.9. The molecule has 1 heterocycles. The van der Waals surface area contributed by atoms with Crippen molar-refractivity contribution in [1.82, 2.24) is 26.2 Å². The van der Waals surface area contributed by atoms with Crippen molar-refractivity contribution >= 4 is 35.5 Å². The first-order valence-corrected chi connectivity index (χ1v) is 18.7. The predicted octanol–water partition coefficient (Wildman–Crippen LogP) is 1.27. The maximum atomic E-state index is 13.9. The second-order valence-corrected chi connectivity index (χ2v) is 14.0. The third kappa shape index (κ3) is 15.1. The molecule has 4 atom stereocenters. The minimum absolute atomic E-state index is 0.00519. The molecule has 1 fully saturated rings. The van der Waals surface area contributed by atoms with Crippen LogP contribution in [0.3, 0.4) is 0 Å². The topological polar surface area (TPSA) is 215 Å². The summed E-state index contributed by atoms with van der Waals surface area (Å²) < 4.78 is 4.51. The van der Waals surface area contributed by atoms with E-state index in [0.717, 1.165) is 23.3 Å². The van der Waals surface area contributed by atoms with Crippen molar-refractivity contribution < 1.29 is 33.5 Å². The van der Waals surface area contributed by atoms with Crippen LogP contribution in [-0.2, 0) is 46.3 Å². The minimum atomic E-state index is -1.02. The number of likely N-dealkylation sites (tertiary alicyclic amines) is 1. The molecule has 1 aliphatic heterocycles. The zero-order valence-electron chi connectivity index (χ0n) is 31.6. The quantitative estimate of drug-likeness (QED) is 0.0653. The van der Waals surface area contributed by atoms with Crippen LogP contribution in [0.1, 0.15) is 63.5 Å². The van der Waals surface area contributed by atoms with Crippen molar-refractivity contribution in [2.24, 2.45) is 17.4 Å². The third-order valence-corrected chi connectivity index (χ3v) is 9.18. The summed E-state index contributed by atoms with van der Waals surface area (Å²) in [5, 5.41) is 11.4. The lowest BCUT2D eigenvalue weighted by Crippen LogP contribution is -2.59. The van der Waals surface area contributed by atoms with E-state index < -0.39 is 53.8 Å². The lowest BCUT2D eigenvalue weighted by Gasteiger charge is -2.35. The molecule has 0 aliphatic carbocycles. The van der Waals surface area contributed by atoms with E-state index in [1.54, 1.807) is 4.90 Å². The average molecular weight is 748 g/mol. The second kappa shape index (κ2) is 22.9. The van der Waals surface area contributed by atoms with Crippen molar-refractivity contribution in [2.45, 2.75) is 95.4 Å². The standard InChI is InChI=1S/C40H57N7O7/c1-27(2)24-33(46-39(52)34(26-29-14-8-5-9-15-29)45-37(50)31(42)25-28-12-6-4-7-13-28)38(51)44-32(16-10-11-21-41)40(53)47-22-19-30(20-23-47)43-35(48)17-18-36(49)54-3/h4-9,12-15,17-18,27,30-34H,10-11,16,19-26,41-42H2,1-3H3,(H,43,48)(H,44,51)(H,45,50)(H,46,52)/b18-17+/t31-,32-,33-,34-/m1/s1. The van der Waals surface area contributed by atoms with Gasteiger partial charge in [-0.3, -0.25) is 24.0 Å². The molecule has 294 valence electrons. The molecule has 1 saturated heterocycles. The molecule has 0 radical (unpaired) electrons. The van der Waals surface area contributed by atoms with Gasteiger partial charge in [-0.15, -0.1) is 0 Å². The summed E-state index contributed by atoms with van der Waals surface area (Å²) in [5.74, 6) is -2.87. The van der Waals surface area contributed by atoms with Gasteiger partial charge in [0.25, 0.3) is 0 Å². The van der Waals surface area contributed by atoms with Crippen molar-refractivity contribution in [3.8, 4) is 0 Å². The number of nitrogens with two attached hydrogens (primary N) is 2. The molecule has 3 rings (SSSR count). The Morgan fingerprint density at radius 2 is 1.33 bits per heavy atom. The number of esters is 1. The summed E-state index contributed by atoms with van der Waals surface area (Å²) in [4.78, 5) is 80.2. The second-order valence-electron chi connectivity index (χ2n) is 14.0. The molecule has 0 saturated carbocycles. The molecule has 2 aromatic carbocycles. The number of rotatable bonds is 20. The van der Waals surface area contributed by atoms with Crippen molar-refractivity contribution in [1.29, 1.82) is 0 Å². The van der Waals surface area contributed by atoms with E-state index in [0.29, 0.717) is 51.7 Å². The van der Waals surface area contributed by atoms with Gasteiger partial charge in [-0.05, 0) is 68.5 Å². The van der Waals surface area contributed by atoms with E-state index in [4.69, 9.17) is 11.5 Å². The highest BCUT2D eigenvalue weighted by Crippen LogP contribution is 2.15. The van der Waals surface area contributed by atoms with Crippen LogP contribution in [0.4, 0.5) is 0 Å². The van der Waals surface area contributed by atoms with Crippen LogP contribution in [0.25, 0.3) is 0 Å². The van der Waals surface area contributed by atoms with E-state index in [1.165, 1.54) is 7.11 Å². The van der Waals surface area contributed by atoms with Crippen LogP contribution in [0.2, 0.25) is 0 Å². The van der Waals surface area contributed by atoms with Gasteiger partial charge in [0.1, 0.15) is 18.1 Å². The highest BCUT2D eigenvalue weighted by molar-refractivity contribution is 5.96. The van der Waals surface area contributed by atoms with Crippen LogP contribution >= 0.6 is 0 Å². The number of hydrogen-bond acceptors (Lipinski definition) is 9. The molecule has 54 heavy (non-hydrogen) atoms. The molecule has 2 aromatic rings. The van der Waals surface area contributed by atoms with Crippen molar-refractivity contribution in [3.63, 3.8) is 0 Å². The van der Waals surface area contributed by atoms with E-state index in [-0.39, 0.29) is 37.1 Å².